The molecule has 1 saturated heterocycles. The van der Waals surface area contributed by atoms with Gasteiger partial charge >= 0.3 is 5.97 Å². The van der Waals surface area contributed by atoms with Gasteiger partial charge in [0.15, 0.2) is 0 Å². The average molecular weight is 546 g/mol. The summed E-state index contributed by atoms with van der Waals surface area (Å²) in [6, 6.07) is 8.36. The van der Waals surface area contributed by atoms with Crippen molar-refractivity contribution in [1.29, 1.82) is 0 Å². The summed E-state index contributed by atoms with van der Waals surface area (Å²) in [5, 5.41) is 8.77. The minimum absolute atomic E-state index is 0.102. The summed E-state index contributed by atoms with van der Waals surface area (Å²) in [4.78, 5) is 53.4. The van der Waals surface area contributed by atoms with E-state index in [4.69, 9.17) is 4.74 Å². The summed E-state index contributed by atoms with van der Waals surface area (Å²) in [6.07, 6.45) is 5.99. The normalized spacial score (nSPS) is 15.6. The Labute approximate surface area is 233 Å². The highest BCUT2D eigenvalue weighted by atomic mass is 16.6. The molecule has 1 aliphatic rings. The van der Waals surface area contributed by atoms with Crippen LogP contribution in [-0.2, 0) is 9.53 Å². The Kier molecular flexibility index (Phi) is 8.73. The monoisotopic (exact) mass is 545 g/mol. The number of hydrogen-bond donors (Lipinski definition) is 3. The number of esters is 1. The number of nitrogens with one attached hydrogen (secondary N) is 3. The number of aromatic nitrogens is 3. The van der Waals surface area contributed by atoms with E-state index in [0.29, 0.717) is 42.5 Å². The van der Waals surface area contributed by atoms with E-state index >= 15 is 0 Å². The molecular formula is C29H35N7O4. The van der Waals surface area contributed by atoms with E-state index in [1.807, 2.05) is 51.7 Å². The lowest BCUT2D eigenvalue weighted by atomic mass is 10.1. The lowest BCUT2D eigenvalue weighted by Gasteiger charge is -2.24. The van der Waals surface area contributed by atoms with E-state index in [1.54, 1.807) is 24.4 Å². The Hall–Kier alpha value is -4.38. The van der Waals surface area contributed by atoms with Crippen LogP contribution in [0.5, 0.6) is 0 Å². The first-order chi connectivity index (χ1) is 19.0. The largest absolute Gasteiger partial charge is 0.459 e. The number of nitrogens with zero attached hydrogens (tertiary/aromatic N) is 4. The van der Waals surface area contributed by atoms with Gasteiger partial charge in [-0.25, -0.2) is 15.0 Å². The summed E-state index contributed by atoms with van der Waals surface area (Å²) in [7, 11) is 0. The van der Waals surface area contributed by atoms with Crippen molar-refractivity contribution in [3.8, 4) is 0 Å². The molecule has 210 valence electrons. The molecule has 3 aromatic rings. The topological polar surface area (TPSA) is 138 Å². The van der Waals surface area contributed by atoms with Crippen LogP contribution >= 0.6 is 0 Å². The van der Waals surface area contributed by atoms with Crippen molar-refractivity contribution in [2.75, 3.05) is 28.7 Å². The zero-order valence-corrected chi connectivity index (χ0v) is 23.4. The molecule has 1 atom stereocenters. The van der Waals surface area contributed by atoms with E-state index in [0.717, 1.165) is 17.5 Å². The van der Waals surface area contributed by atoms with E-state index in [1.165, 1.54) is 12.4 Å². The Bertz CT molecular complexity index is 1370. The molecule has 0 spiro atoms. The molecule has 2 amide bonds. The number of anilines is 3. The number of hydrogen-bond acceptors (Lipinski definition) is 9. The number of amides is 2. The molecule has 0 saturated carbocycles. The zero-order valence-electron chi connectivity index (χ0n) is 23.4. The van der Waals surface area contributed by atoms with Crippen LogP contribution < -0.4 is 20.9 Å². The third kappa shape index (κ3) is 7.60. The Morgan fingerprint density at radius 3 is 2.40 bits per heavy atom. The van der Waals surface area contributed by atoms with Gasteiger partial charge in [-0.15, -0.1) is 0 Å². The van der Waals surface area contributed by atoms with Crippen molar-refractivity contribution < 1.29 is 19.1 Å². The second-order valence-electron chi connectivity index (χ2n) is 10.8. The summed E-state index contributed by atoms with van der Waals surface area (Å²) in [5.41, 5.74) is 2.04. The molecular weight excluding hydrogens is 510 g/mol. The second-order valence-corrected chi connectivity index (χ2v) is 10.8. The van der Waals surface area contributed by atoms with Crippen molar-refractivity contribution in [2.45, 2.75) is 59.1 Å². The van der Waals surface area contributed by atoms with Gasteiger partial charge in [0.05, 0.1) is 30.3 Å². The van der Waals surface area contributed by atoms with Crippen molar-refractivity contribution in [1.82, 2.24) is 20.3 Å². The van der Waals surface area contributed by atoms with Crippen molar-refractivity contribution in [2.24, 2.45) is 0 Å². The molecule has 1 unspecified atom stereocenters. The van der Waals surface area contributed by atoms with Gasteiger partial charge in [-0.05, 0) is 71.2 Å². The third-order valence-electron chi connectivity index (χ3n) is 6.16. The maximum absolute atomic E-state index is 13.0. The molecule has 11 heteroatoms. The first-order valence-corrected chi connectivity index (χ1v) is 13.2. The molecule has 0 bridgehead atoms. The Balaban J connectivity index is 1.41. The summed E-state index contributed by atoms with van der Waals surface area (Å²) >= 11 is 0. The predicted molar refractivity (Wildman–Crippen MR) is 152 cm³/mol. The van der Waals surface area contributed by atoms with Gasteiger partial charge in [-0.2, -0.15) is 0 Å². The van der Waals surface area contributed by atoms with Crippen LogP contribution in [0.25, 0.3) is 0 Å². The molecule has 1 aliphatic heterocycles. The quantitative estimate of drug-likeness (QED) is 0.394. The van der Waals surface area contributed by atoms with Crippen LogP contribution in [0.1, 0.15) is 65.6 Å². The fourth-order valence-electron chi connectivity index (χ4n) is 4.13. The van der Waals surface area contributed by atoms with E-state index in [9.17, 15) is 14.4 Å². The van der Waals surface area contributed by atoms with Crippen LogP contribution in [0.15, 0.2) is 48.9 Å². The molecule has 40 heavy (non-hydrogen) atoms. The van der Waals surface area contributed by atoms with Crippen molar-refractivity contribution >= 4 is 35.1 Å². The van der Waals surface area contributed by atoms with Crippen LogP contribution in [0, 0.1) is 13.8 Å². The Morgan fingerprint density at radius 1 is 0.950 bits per heavy atom. The molecule has 4 rings (SSSR count). The third-order valence-corrected chi connectivity index (χ3v) is 6.16. The SMILES string of the molecule is Cc1ccc(NC(=O)c2cc(C)ccc2NC(=O)c2cnc(N3CCCC(C(=O)OC(C)(C)C)NC3)cn2)nc1. The fourth-order valence-corrected chi connectivity index (χ4v) is 4.13. The number of aryl methyl sites for hydroxylation is 2. The van der Waals surface area contributed by atoms with Gasteiger partial charge in [-0.1, -0.05) is 17.7 Å². The maximum Gasteiger partial charge on any atom is 0.323 e. The maximum atomic E-state index is 13.0. The van der Waals surface area contributed by atoms with Gasteiger partial charge in [0.2, 0.25) is 0 Å². The number of benzene rings is 1. The molecule has 2 aromatic heterocycles. The minimum atomic E-state index is -0.548. The number of carbonyl (C=O) groups excluding carboxylic acids is 3. The van der Waals surface area contributed by atoms with Crippen LogP contribution in [0.4, 0.5) is 17.3 Å². The predicted octanol–water partition coefficient (Wildman–Crippen LogP) is 3.85. The molecule has 0 radical (unpaired) electrons. The zero-order chi connectivity index (χ0) is 28.9. The first-order valence-electron chi connectivity index (χ1n) is 13.2. The summed E-state index contributed by atoms with van der Waals surface area (Å²) in [5.74, 6) is -0.169. The average Bonchev–Trinajstić information content (AvgIpc) is 3.17. The highest BCUT2D eigenvalue weighted by Crippen LogP contribution is 2.21. The molecule has 1 aromatic carbocycles. The molecule has 3 N–H and O–H groups in total. The van der Waals surface area contributed by atoms with Gasteiger partial charge in [0.25, 0.3) is 11.8 Å². The number of ether oxygens (including phenoxy) is 1. The molecule has 0 aliphatic carbocycles. The van der Waals surface area contributed by atoms with E-state index in [-0.39, 0.29) is 11.7 Å². The van der Waals surface area contributed by atoms with Crippen molar-refractivity contribution in [3.05, 3.63) is 71.3 Å². The number of carbonyl (C=O) groups is 3. The minimum Gasteiger partial charge on any atom is -0.459 e. The lowest BCUT2D eigenvalue weighted by molar-refractivity contribution is -0.157. The van der Waals surface area contributed by atoms with Gasteiger partial charge in [0.1, 0.15) is 29.0 Å². The standard InChI is InChI=1S/C29H35N7O4/c1-18-8-10-21(20(13-18)26(37)35-24-11-9-19(2)14-31-24)34-27(38)23-15-32-25(16-30-23)36-12-6-7-22(33-17-36)28(39)40-29(3,4)5/h8-11,13-16,22,33H,6-7,12,17H2,1-5H3,(H,34,38)(H,31,35,37). The first kappa shape index (κ1) is 28.6. The van der Waals surface area contributed by atoms with Crippen LogP contribution in [0.2, 0.25) is 0 Å². The van der Waals surface area contributed by atoms with E-state index < -0.39 is 23.5 Å². The second kappa shape index (κ2) is 12.2. The Morgan fingerprint density at radius 2 is 1.73 bits per heavy atom. The molecule has 3 heterocycles. The smallest absolute Gasteiger partial charge is 0.323 e. The summed E-state index contributed by atoms with van der Waals surface area (Å²) in [6.45, 7) is 10.4. The van der Waals surface area contributed by atoms with Crippen molar-refractivity contribution in [3.63, 3.8) is 0 Å². The van der Waals surface area contributed by atoms with Gasteiger partial charge in [-0.3, -0.25) is 19.7 Å². The number of rotatable bonds is 6. The van der Waals surface area contributed by atoms with Gasteiger partial charge in [0, 0.05) is 12.7 Å². The molecule has 1 fully saturated rings. The summed E-state index contributed by atoms with van der Waals surface area (Å²) < 4.78 is 5.51. The fraction of sp³-hybridized carbons (Fsp3) is 0.379. The van der Waals surface area contributed by atoms with E-state index in [2.05, 4.69) is 30.9 Å². The molecule has 11 nitrogen and oxygen atoms in total. The number of pyridine rings is 1. The lowest BCUT2D eigenvalue weighted by Crippen LogP contribution is -2.44. The van der Waals surface area contributed by atoms with Crippen LogP contribution in [-0.4, -0.2) is 57.6 Å². The highest BCUT2D eigenvalue weighted by molar-refractivity contribution is 6.12. The van der Waals surface area contributed by atoms with Gasteiger partial charge < -0.3 is 20.3 Å². The van der Waals surface area contributed by atoms with Crippen LogP contribution in [0.3, 0.4) is 0 Å². The highest BCUT2D eigenvalue weighted by Gasteiger charge is 2.27.